The van der Waals surface area contributed by atoms with Crippen molar-refractivity contribution in [3.8, 4) is 11.5 Å². The third-order valence-electron chi connectivity index (χ3n) is 4.43. The maximum Gasteiger partial charge on any atom is 0.163 e. The highest BCUT2D eigenvalue weighted by Gasteiger charge is 2.16. The standard InChI is InChI=1S/C21H25Cl2NO3/c1-2-25-20-10-16(12-24-13-18-4-3-9-26-18)19(23)11-21(20)27-14-15-5-7-17(22)8-6-15/h5-8,10-11,18,24H,2-4,9,12-14H2,1H3. The summed E-state index contributed by atoms with van der Waals surface area (Å²) in [6, 6.07) is 11.3. The van der Waals surface area contributed by atoms with Gasteiger partial charge in [-0.05, 0) is 49.1 Å². The van der Waals surface area contributed by atoms with Crippen LogP contribution in [0.3, 0.4) is 0 Å². The molecule has 6 heteroatoms. The molecule has 0 spiro atoms. The van der Waals surface area contributed by atoms with Gasteiger partial charge in [0.15, 0.2) is 11.5 Å². The van der Waals surface area contributed by atoms with Gasteiger partial charge in [0.2, 0.25) is 0 Å². The number of nitrogens with one attached hydrogen (secondary N) is 1. The first-order valence-electron chi connectivity index (χ1n) is 9.30. The monoisotopic (exact) mass is 409 g/mol. The lowest BCUT2D eigenvalue weighted by Crippen LogP contribution is -2.25. The van der Waals surface area contributed by atoms with Crippen LogP contribution in [0, 0.1) is 0 Å². The van der Waals surface area contributed by atoms with Crippen LogP contribution < -0.4 is 14.8 Å². The molecule has 1 heterocycles. The fourth-order valence-corrected chi connectivity index (χ4v) is 3.36. The van der Waals surface area contributed by atoms with Gasteiger partial charge in [0.25, 0.3) is 0 Å². The molecule has 1 unspecified atom stereocenters. The Morgan fingerprint density at radius 3 is 2.59 bits per heavy atom. The van der Waals surface area contributed by atoms with E-state index in [0.29, 0.717) is 47.4 Å². The molecule has 0 aliphatic carbocycles. The van der Waals surface area contributed by atoms with E-state index < -0.39 is 0 Å². The molecule has 4 nitrogen and oxygen atoms in total. The predicted octanol–water partition coefficient (Wildman–Crippen LogP) is 5.24. The highest BCUT2D eigenvalue weighted by molar-refractivity contribution is 6.31. The van der Waals surface area contributed by atoms with Gasteiger partial charge in [-0.3, -0.25) is 0 Å². The fourth-order valence-electron chi connectivity index (χ4n) is 3.01. The average molecular weight is 410 g/mol. The van der Waals surface area contributed by atoms with Gasteiger partial charge in [-0.15, -0.1) is 0 Å². The molecular formula is C21H25Cl2NO3. The van der Waals surface area contributed by atoms with Crippen molar-refractivity contribution in [2.75, 3.05) is 19.8 Å². The SMILES string of the molecule is CCOc1cc(CNCC2CCCO2)c(Cl)cc1OCc1ccc(Cl)cc1. The van der Waals surface area contributed by atoms with Crippen LogP contribution in [0.15, 0.2) is 36.4 Å². The van der Waals surface area contributed by atoms with E-state index in [2.05, 4.69) is 5.32 Å². The summed E-state index contributed by atoms with van der Waals surface area (Å²) in [5.41, 5.74) is 2.01. The lowest BCUT2D eigenvalue weighted by molar-refractivity contribution is 0.110. The average Bonchev–Trinajstić information content (AvgIpc) is 3.18. The number of hydrogen-bond acceptors (Lipinski definition) is 4. The molecule has 0 radical (unpaired) electrons. The third-order valence-corrected chi connectivity index (χ3v) is 5.04. The molecule has 2 aromatic carbocycles. The lowest BCUT2D eigenvalue weighted by atomic mass is 10.1. The van der Waals surface area contributed by atoms with Gasteiger partial charge in [0.1, 0.15) is 6.61 Å². The van der Waals surface area contributed by atoms with E-state index >= 15 is 0 Å². The minimum Gasteiger partial charge on any atom is -0.490 e. The molecule has 0 bridgehead atoms. The van der Waals surface area contributed by atoms with Crippen LogP contribution in [-0.4, -0.2) is 25.9 Å². The number of halogens is 2. The van der Waals surface area contributed by atoms with Crippen molar-refractivity contribution in [3.05, 3.63) is 57.6 Å². The lowest BCUT2D eigenvalue weighted by Gasteiger charge is -2.16. The first-order valence-corrected chi connectivity index (χ1v) is 10.1. The first-order chi connectivity index (χ1) is 13.2. The van der Waals surface area contributed by atoms with Crippen molar-refractivity contribution >= 4 is 23.2 Å². The van der Waals surface area contributed by atoms with E-state index in [1.807, 2.05) is 43.3 Å². The quantitative estimate of drug-likeness (QED) is 0.614. The minimum atomic E-state index is 0.303. The van der Waals surface area contributed by atoms with Gasteiger partial charge in [0.05, 0.1) is 12.7 Å². The van der Waals surface area contributed by atoms with E-state index in [4.69, 9.17) is 37.4 Å². The minimum absolute atomic E-state index is 0.303. The van der Waals surface area contributed by atoms with Crippen LogP contribution in [0.2, 0.25) is 10.0 Å². The van der Waals surface area contributed by atoms with Crippen LogP contribution in [0.5, 0.6) is 11.5 Å². The van der Waals surface area contributed by atoms with E-state index in [0.717, 1.165) is 37.1 Å². The molecule has 0 amide bonds. The molecule has 1 N–H and O–H groups in total. The summed E-state index contributed by atoms with van der Waals surface area (Å²) >= 11 is 12.4. The Kier molecular flexibility index (Phi) is 7.65. The van der Waals surface area contributed by atoms with Crippen LogP contribution in [-0.2, 0) is 17.9 Å². The summed E-state index contributed by atoms with van der Waals surface area (Å²) in [5, 5.41) is 4.78. The molecule has 27 heavy (non-hydrogen) atoms. The molecule has 1 aliphatic rings. The Balaban J connectivity index is 1.64. The Hall–Kier alpha value is -1.46. The largest absolute Gasteiger partial charge is 0.490 e. The maximum absolute atomic E-state index is 6.48. The number of rotatable bonds is 9. The molecule has 1 fully saturated rings. The van der Waals surface area contributed by atoms with Crippen molar-refractivity contribution in [1.82, 2.24) is 5.32 Å². The molecule has 146 valence electrons. The Bertz CT molecular complexity index is 731. The molecule has 3 rings (SSSR count). The molecule has 0 aromatic heterocycles. The topological polar surface area (TPSA) is 39.7 Å². The summed E-state index contributed by atoms with van der Waals surface area (Å²) in [7, 11) is 0. The summed E-state index contributed by atoms with van der Waals surface area (Å²) in [5.74, 6) is 1.34. The van der Waals surface area contributed by atoms with Crippen LogP contribution >= 0.6 is 23.2 Å². The smallest absolute Gasteiger partial charge is 0.163 e. The molecule has 1 aliphatic heterocycles. The Morgan fingerprint density at radius 2 is 1.89 bits per heavy atom. The Morgan fingerprint density at radius 1 is 1.11 bits per heavy atom. The molecule has 1 atom stereocenters. The van der Waals surface area contributed by atoms with Crippen molar-refractivity contribution in [2.24, 2.45) is 0 Å². The number of ether oxygens (including phenoxy) is 3. The third kappa shape index (κ3) is 6.01. The zero-order chi connectivity index (χ0) is 19.1. The summed E-state index contributed by atoms with van der Waals surface area (Å²) in [4.78, 5) is 0. The summed E-state index contributed by atoms with van der Waals surface area (Å²) < 4.78 is 17.3. The maximum atomic E-state index is 6.48. The molecule has 1 saturated heterocycles. The molecule has 0 saturated carbocycles. The molecular weight excluding hydrogens is 385 g/mol. The fraction of sp³-hybridized carbons (Fsp3) is 0.429. The predicted molar refractivity (Wildman–Crippen MR) is 109 cm³/mol. The summed E-state index contributed by atoms with van der Waals surface area (Å²) in [6.45, 7) is 5.28. The highest BCUT2D eigenvalue weighted by Crippen LogP contribution is 2.34. The normalized spacial score (nSPS) is 16.5. The van der Waals surface area contributed by atoms with Crippen LogP contribution in [0.25, 0.3) is 0 Å². The van der Waals surface area contributed by atoms with E-state index in [1.165, 1.54) is 0 Å². The highest BCUT2D eigenvalue weighted by atomic mass is 35.5. The van der Waals surface area contributed by atoms with Gasteiger partial charge in [-0.2, -0.15) is 0 Å². The summed E-state index contributed by atoms with van der Waals surface area (Å²) in [6.07, 6.45) is 2.56. The van der Waals surface area contributed by atoms with E-state index in [9.17, 15) is 0 Å². The zero-order valence-corrected chi connectivity index (χ0v) is 17.0. The zero-order valence-electron chi connectivity index (χ0n) is 15.5. The second-order valence-corrected chi connectivity index (χ2v) is 7.35. The van der Waals surface area contributed by atoms with Gasteiger partial charge in [0, 0.05) is 35.8 Å². The van der Waals surface area contributed by atoms with Gasteiger partial charge in [-0.25, -0.2) is 0 Å². The van der Waals surface area contributed by atoms with Crippen LogP contribution in [0.1, 0.15) is 30.9 Å². The van der Waals surface area contributed by atoms with Crippen molar-refractivity contribution in [3.63, 3.8) is 0 Å². The molecule has 2 aromatic rings. The van der Waals surface area contributed by atoms with Gasteiger partial charge in [-0.1, -0.05) is 35.3 Å². The van der Waals surface area contributed by atoms with Gasteiger partial charge >= 0.3 is 0 Å². The second kappa shape index (κ2) is 10.2. The van der Waals surface area contributed by atoms with Crippen molar-refractivity contribution in [2.45, 2.75) is 39.0 Å². The van der Waals surface area contributed by atoms with Crippen molar-refractivity contribution in [1.29, 1.82) is 0 Å². The van der Waals surface area contributed by atoms with Crippen molar-refractivity contribution < 1.29 is 14.2 Å². The Labute approximate surface area is 170 Å². The number of hydrogen-bond donors (Lipinski definition) is 1. The van der Waals surface area contributed by atoms with Crippen LogP contribution in [0.4, 0.5) is 0 Å². The van der Waals surface area contributed by atoms with E-state index in [1.54, 1.807) is 0 Å². The van der Waals surface area contributed by atoms with Gasteiger partial charge < -0.3 is 19.5 Å². The van der Waals surface area contributed by atoms with E-state index in [-0.39, 0.29) is 0 Å². The number of benzene rings is 2. The first kappa shape index (κ1) is 20.3. The second-order valence-electron chi connectivity index (χ2n) is 6.50.